The maximum absolute atomic E-state index is 12.1. The van der Waals surface area contributed by atoms with E-state index in [0.717, 1.165) is 37.6 Å². The Morgan fingerprint density at radius 1 is 1.36 bits per heavy atom. The molecule has 136 valence electrons. The molecule has 25 heavy (non-hydrogen) atoms. The lowest BCUT2D eigenvalue weighted by Gasteiger charge is -2.27. The number of amides is 1. The Balaban J connectivity index is 1.45. The number of aryl methyl sites for hydroxylation is 2. The summed E-state index contributed by atoms with van der Waals surface area (Å²) in [5.41, 5.74) is 3.27. The number of nitrogens with zero attached hydrogens (tertiary/aromatic N) is 5. The van der Waals surface area contributed by atoms with E-state index in [0.29, 0.717) is 19.4 Å². The van der Waals surface area contributed by atoms with E-state index in [9.17, 15) is 4.79 Å². The van der Waals surface area contributed by atoms with Crippen molar-refractivity contribution in [2.45, 2.75) is 52.2 Å². The van der Waals surface area contributed by atoms with Gasteiger partial charge in [0.25, 0.3) is 0 Å². The molecule has 7 nitrogen and oxygen atoms in total. The number of carbonyl (C=O) groups excluding carboxylic acids is 1. The second-order valence-electron chi connectivity index (χ2n) is 6.70. The molecule has 0 bridgehead atoms. The molecule has 2 aromatic heterocycles. The van der Waals surface area contributed by atoms with Gasteiger partial charge in [0.15, 0.2) is 0 Å². The summed E-state index contributed by atoms with van der Waals surface area (Å²) in [5.74, 6) is 0.0525. The van der Waals surface area contributed by atoms with E-state index >= 15 is 0 Å². The Morgan fingerprint density at radius 2 is 2.24 bits per heavy atom. The second kappa shape index (κ2) is 8.29. The summed E-state index contributed by atoms with van der Waals surface area (Å²) in [6.45, 7) is 6.84. The minimum Gasteiger partial charge on any atom is -0.350 e. The Kier molecular flexibility index (Phi) is 5.86. The van der Waals surface area contributed by atoms with Crippen LogP contribution in [-0.2, 0) is 37.9 Å². The molecule has 0 saturated carbocycles. The van der Waals surface area contributed by atoms with Crippen LogP contribution in [0.5, 0.6) is 0 Å². The lowest BCUT2D eigenvalue weighted by Crippen LogP contribution is -2.34. The predicted molar refractivity (Wildman–Crippen MR) is 95.8 cm³/mol. The molecule has 0 unspecified atom stereocenters. The number of hydrogen-bond acceptors (Lipinski definition) is 4. The van der Waals surface area contributed by atoms with Crippen LogP contribution in [0.3, 0.4) is 0 Å². The molecule has 0 aliphatic carbocycles. The van der Waals surface area contributed by atoms with Crippen molar-refractivity contribution >= 4 is 5.91 Å². The van der Waals surface area contributed by atoms with E-state index in [2.05, 4.69) is 38.1 Å². The Bertz CT molecular complexity index is 704. The molecule has 0 radical (unpaired) electrons. The molecular weight excluding hydrogens is 316 g/mol. The van der Waals surface area contributed by atoms with Gasteiger partial charge in [0.1, 0.15) is 0 Å². The summed E-state index contributed by atoms with van der Waals surface area (Å²) in [6, 6.07) is 4.07. The maximum Gasteiger partial charge on any atom is 0.220 e. The zero-order chi connectivity index (χ0) is 17.6. The van der Waals surface area contributed by atoms with Crippen LogP contribution in [0.2, 0.25) is 0 Å². The van der Waals surface area contributed by atoms with Gasteiger partial charge < -0.3 is 5.32 Å². The van der Waals surface area contributed by atoms with E-state index < -0.39 is 0 Å². The largest absolute Gasteiger partial charge is 0.350 e. The molecule has 3 rings (SSSR count). The van der Waals surface area contributed by atoms with Crippen LogP contribution in [-0.4, -0.2) is 43.5 Å². The molecule has 2 aromatic rings. The Morgan fingerprint density at radius 3 is 3.00 bits per heavy atom. The smallest absolute Gasteiger partial charge is 0.220 e. The number of aromatic nitrogens is 4. The first-order chi connectivity index (χ1) is 12.2. The molecule has 3 heterocycles. The van der Waals surface area contributed by atoms with Crippen molar-refractivity contribution < 1.29 is 4.79 Å². The van der Waals surface area contributed by atoms with Crippen LogP contribution in [0.4, 0.5) is 0 Å². The summed E-state index contributed by atoms with van der Waals surface area (Å²) in [7, 11) is 1.90. The number of carbonyl (C=O) groups is 1. The Labute approximate surface area is 149 Å². The highest BCUT2D eigenvalue weighted by Crippen LogP contribution is 2.14. The first kappa shape index (κ1) is 17.7. The van der Waals surface area contributed by atoms with E-state index in [1.165, 1.54) is 18.5 Å². The van der Waals surface area contributed by atoms with Crippen LogP contribution >= 0.6 is 0 Å². The standard InChI is InChI=1S/C18H28N6O/c1-3-4-9-23-10-11-24-17(14-23)12-15(21-24)13-19-18(25)6-5-16-7-8-20-22(16)2/h7-8,12H,3-6,9-11,13-14H2,1-2H3,(H,19,25). The van der Waals surface area contributed by atoms with Gasteiger partial charge in [0, 0.05) is 38.4 Å². The fourth-order valence-electron chi connectivity index (χ4n) is 3.20. The molecule has 1 aliphatic heterocycles. The lowest BCUT2D eigenvalue weighted by atomic mass is 10.2. The van der Waals surface area contributed by atoms with Gasteiger partial charge in [-0.2, -0.15) is 10.2 Å². The molecule has 0 aromatic carbocycles. The molecule has 0 spiro atoms. The number of nitrogens with one attached hydrogen (secondary N) is 1. The van der Waals surface area contributed by atoms with Crippen molar-refractivity contribution in [3.8, 4) is 0 Å². The minimum absolute atomic E-state index is 0.0525. The zero-order valence-corrected chi connectivity index (χ0v) is 15.2. The highest BCUT2D eigenvalue weighted by atomic mass is 16.1. The number of hydrogen-bond donors (Lipinski definition) is 1. The molecule has 1 amide bonds. The van der Waals surface area contributed by atoms with Crippen molar-refractivity contribution in [1.29, 1.82) is 0 Å². The minimum atomic E-state index is 0.0525. The normalized spacial score (nSPS) is 14.5. The summed E-state index contributed by atoms with van der Waals surface area (Å²) >= 11 is 0. The third-order valence-corrected chi connectivity index (χ3v) is 4.75. The van der Waals surface area contributed by atoms with E-state index in [-0.39, 0.29) is 5.91 Å². The van der Waals surface area contributed by atoms with Crippen LogP contribution in [0.25, 0.3) is 0 Å². The number of unbranched alkanes of at least 4 members (excludes halogenated alkanes) is 1. The fourth-order valence-corrected chi connectivity index (χ4v) is 3.20. The quantitative estimate of drug-likeness (QED) is 0.788. The van der Waals surface area contributed by atoms with E-state index in [1.807, 2.05) is 13.1 Å². The third kappa shape index (κ3) is 4.69. The first-order valence-corrected chi connectivity index (χ1v) is 9.17. The zero-order valence-electron chi connectivity index (χ0n) is 15.2. The maximum atomic E-state index is 12.1. The SMILES string of the molecule is CCCCN1CCn2nc(CNC(=O)CCc3ccnn3C)cc2C1. The highest BCUT2D eigenvalue weighted by molar-refractivity contribution is 5.76. The monoisotopic (exact) mass is 344 g/mol. The van der Waals surface area contributed by atoms with Gasteiger partial charge >= 0.3 is 0 Å². The molecule has 7 heteroatoms. The van der Waals surface area contributed by atoms with Crippen molar-refractivity contribution in [2.75, 3.05) is 13.1 Å². The lowest BCUT2D eigenvalue weighted by molar-refractivity contribution is -0.121. The van der Waals surface area contributed by atoms with Crippen molar-refractivity contribution in [3.63, 3.8) is 0 Å². The van der Waals surface area contributed by atoms with Gasteiger partial charge in [-0.3, -0.25) is 19.1 Å². The summed E-state index contributed by atoms with van der Waals surface area (Å²) in [4.78, 5) is 14.5. The molecule has 1 aliphatic rings. The first-order valence-electron chi connectivity index (χ1n) is 9.17. The average Bonchev–Trinajstić information content (AvgIpc) is 3.21. The Hall–Kier alpha value is -2.15. The molecular formula is C18H28N6O. The van der Waals surface area contributed by atoms with Crippen molar-refractivity contribution in [1.82, 2.24) is 29.8 Å². The van der Waals surface area contributed by atoms with Crippen LogP contribution in [0.15, 0.2) is 18.3 Å². The highest BCUT2D eigenvalue weighted by Gasteiger charge is 2.18. The van der Waals surface area contributed by atoms with Crippen LogP contribution in [0.1, 0.15) is 43.3 Å². The van der Waals surface area contributed by atoms with Gasteiger partial charge in [0.2, 0.25) is 5.91 Å². The summed E-state index contributed by atoms with van der Waals surface area (Å²) < 4.78 is 3.89. The summed E-state index contributed by atoms with van der Waals surface area (Å²) in [5, 5.41) is 11.7. The molecule has 0 fully saturated rings. The van der Waals surface area contributed by atoms with Crippen molar-refractivity contribution in [3.05, 3.63) is 35.4 Å². The van der Waals surface area contributed by atoms with Gasteiger partial charge in [-0.25, -0.2) is 0 Å². The molecule has 0 atom stereocenters. The van der Waals surface area contributed by atoms with Gasteiger partial charge in [-0.15, -0.1) is 0 Å². The summed E-state index contributed by atoms with van der Waals surface area (Å²) in [6.07, 6.45) is 5.40. The van der Waals surface area contributed by atoms with E-state index in [1.54, 1.807) is 10.9 Å². The fraction of sp³-hybridized carbons (Fsp3) is 0.611. The van der Waals surface area contributed by atoms with Crippen LogP contribution < -0.4 is 5.32 Å². The number of fused-ring (bicyclic) bond motifs is 1. The molecule has 0 saturated heterocycles. The third-order valence-electron chi connectivity index (χ3n) is 4.75. The predicted octanol–water partition coefficient (Wildman–Crippen LogP) is 1.48. The molecule has 1 N–H and O–H groups in total. The van der Waals surface area contributed by atoms with Gasteiger partial charge in [-0.05, 0) is 31.5 Å². The topological polar surface area (TPSA) is 68.0 Å². The average molecular weight is 344 g/mol. The van der Waals surface area contributed by atoms with Gasteiger partial charge in [-0.1, -0.05) is 13.3 Å². The number of rotatable bonds is 8. The van der Waals surface area contributed by atoms with Crippen molar-refractivity contribution in [2.24, 2.45) is 7.05 Å². The van der Waals surface area contributed by atoms with Crippen LogP contribution in [0, 0.1) is 0 Å². The van der Waals surface area contributed by atoms with Gasteiger partial charge in [0.05, 0.1) is 24.5 Å². The second-order valence-corrected chi connectivity index (χ2v) is 6.70. The van der Waals surface area contributed by atoms with E-state index in [4.69, 9.17) is 0 Å².